The zero-order chi connectivity index (χ0) is 10.9. The van der Waals surface area contributed by atoms with Crippen molar-refractivity contribution in [2.24, 2.45) is 0 Å². The minimum Gasteiger partial charge on any atom is -0.477 e. The lowest BCUT2D eigenvalue weighted by atomic mass is 10.5. The number of hydrogen-bond acceptors (Lipinski definition) is 5. The molecule has 0 bridgehead atoms. The highest BCUT2D eigenvalue weighted by molar-refractivity contribution is 5.12. The minimum atomic E-state index is 0.499. The molecule has 0 unspecified atom stereocenters. The van der Waals surface area contributed by atoms with E-state index in [9.17, 15) is 0 Å². The van der Waals surface area contributed by atoms with Gasteiger partial charge < -0.3 is 14.8 Å². The molecular formula is C10H17N3O2. The van der Waals surface area contributed by atoms with Gasteiger partial charge in [0.05, 0.1) is 19.0 Å². The van der Waals surface area contributed by atoms with Crippen LogP contribution in [0.25, 0.3) is 0 Å². The molecule has 0 atom stereocenters. The van der Waals surface area contributed by atoms with Crippen molar-refractivity contribution in [2.75, 3.05) is 26.8 Å². The third kappa shape index (κ3) is 4.60. The first-order valence-corrected chi connectivity index (χ1v) is 5.09. The smallest absolute Gasteiger partial charge is 0.235 e. The summed E-state index contributed by atoms with van der Waals surface area (Å²) in [5, 5.41) is 2.98. The average Bonchev–Trinajstić information content (AvgIpc) is 2.27. The second kappa shape index (κ2) is 7.00. The Labute approximate surface area is 89.8 Å². The lowest BCUT2D eigenvalue weighted by Gasteiger charge is -2.06. The van der Waals surface area contributed by atoms with Crippen molar-refractivity contribution < 1.29 is 9.47 Å². The highest BCUT2D eigenvalue weighted by atomic mass is 16.5. The molecule has 0 aliphatic carbocycles. The highest BCUT2D eigenvalue weighted by Gasteiger charge is 1.99. The Bertz CT molecular complexity index is 281. The molecular weight excluding hydrogens is 194 g/mol. The van der Waals surface area contributed by atoms with E-state index in [-0.39, 0.29) is 0 Å². The van der Waals surface area contributed by atoms with E-state index in [0.717, 1.165) is 13.0 Å². The van der Waals surface area contributed by atoms with Gasteiger partial charge in [0.25, 0.3) is 0 Å². The predicted molar refractivity (Wildman–Crippen MR) is 57.2 cm³/mol. The van der Waals surface area contributed by atoms with Gasteiger partial charge in [0.15, 0.2) is 0 Å². The third-order valence-electron chi connectivity index (χ3n) is 1.65. The maximum absolute atomic E-state index is 5.35. The molecule has 15 heavy (non-hydrogen) atoms. The van der Waals surface area contributed by atoms with Crippen molar-refractivity contribution in [1.29, 1.82) is 0 Å². The molecule has 0 aliphatic heterocycles. The van der Waals surface area contributed by atoms with Crippen molar-refractivity contribution in [3.63, 3.8) is 0 Å². The van der Waals surface area contributed by atoms with Gasteiger partial charge in [-0.25, -0.2) is 0 Å². The molecule has 0 saturated carbocycles. The van der Waals surface area contributed by atoms with Crippen LogP contribution in [0.4, 0.5) is 0 Å². The molecule has 1 aromatic rings. The van der Waals surface area contributed by atoms with Gasteiger partial charge in [0.1, 0.15) is 6.61 Å². The second-order valence-electron chi connectivity index (χ2n) is 3.00. The monoisotopic (exact) mass is 211 g/mol. The molecule has 1 rings (SSSR count). The lowest BCUT2D eigenvalue weighted by Crippen LogP contribution is -2.16. The number of likely N-dealkylation sites (N-methyl/N-ethyl adjacent to an activating group) is 1. The van der Waals surface area contributed by atoms with Gasteiger partial charge in [-0.15, -0.1) is 0 Å². The second-order valence-corrected chi connectivity index (χ2v) is 3.00. The van der Waals surface area contributed by atoms with Crippen LogP contribution >= 0.6 is 0 Å². The first kappa shape index (κ1) is 11.7. The number of nitrogens with zero attached hydrogens (tertiary/aromatic N) is 2. The Balaban J connectivity index is 2.42. The molecule has 1 heterocycles. The van der Waals surface area contributed by atoms with Crippen LogP contribution < -0.4 is 14.8 Å². The van der Waals surface area contributed by atoms with Crippen LogP contribution in [-0.4, -0.2) is 36.8 Å². The quantitative estimate of drug-likeness (QED) is 0.678. The van der Waals surface area contributed by atoms with E-state index >= 15 is 0 Å². The van der Waals surface area contributed by atoms with Crippen LogP contribution in [0.2, 0.25) is 0 Å². The highest BCUT2D eigenvalue weighted by Crippen LogP contribution is 2.10. The Hall–Kier alpha value is -1.36. The van der Waals surface area contributed by atoms with Crippen LogP contribution in [0.5, 0.6) is 11.8 Å². The van der Waals surface area contributed by atoms with E-state index in [4.69, 9.17) is 9.47 Å². The molecule has 5 heteroatoms. The number of ether oxygens (including phenoxy) is 2. The largest absolute Gasteiger partial charge is 0.477 e. The molecule has 0 radical (unpaired) electrons. The van der Waals surface area contributed by atoms with E-state index in [1.165, 1.54) is 0 Å². The van der Waals surface area contributed by atoms with E-state index in [1.54, 1.807) is 12.4 Å². The number of nitrogens with one attached hydrogen (secondary N) is 1. The van der Waals surface area contributed by atoms with Crippen LogP contribution in [-0.2, 0) is 0 Å². The van der Waals surface area contributed by atoms with Gasteiger partial charge >= 0.3 is 0 Å². The molecule has 84 valence electrons. The summed E-state index contributed by atoms with van der Waals surface area (Å²) in [6, 6.07) is 0. The summed E-state index contributed by atoms with van der Waals surface area (Å²) in [4.78, 5) is 8.13. The van der Waals surface area contributed by atoms with E-state index < -0.39 is 0 Å². The molecule has 0 fully saturated rings. The first-order chi connectivity index (χ1) is 7.36. The Morgan fingerprint density at radius 3 is 2.47 bits per heavy atom. The predicted octanol–water partition coefficient (Wildman–Crippen LogP) is 0.864. The minimum absolute atomic E-state index is 0.499. The number of hydrogen-bond donors (Lipinski definition) is 1. The molecule has 0 amide bonds. The summed E-state index contributed by atoms with van der Waals surface area (Å²) in [6.45, 7) is 4.04. The molecule has 0 spiro atoms. The summed E-state index contributed by atoms with van der Waals surface area (Å²) >= 11 is 0. The van der Waals surface area contributed by atoms with Gasteiger partial charge in [-0.3, -0.25) is 4.98 Å². The van der Waals surface area contributed by atoms with Gasteiger partial charge in [0, 0.05) is 6.54 Å². The molecule has 0 aromatic carbocycles. The number of rotatable bonds is 7. The molecule has 1 N–H and O–H groups in total. The van der Waals surface area contributed by atoms with Crippen LogP contribution in [0.1, 0.15) is 13.3 Å². The lowest BCUT2D eigenvalue weighted by molar-refractivity contribution is 0.278. The fraction of sp³-hybridized carbons (Fsp3) is 0.600. The molecule has 1 aromatic heterocycles. The average molecular weight is 211 g/mol. The topological polar surface area (TPSA) is 56.3 Å². The Morgan fingerprint density at radius 1 is 1.20 bits per heavy atom. The summed E-state index contributed by atoms with van der Waals surface area (Å²) in [6.07, 6.45) is 4.11. The zero-order valence-corrected chi connectivity index (χ0v) is 9.19. The van der Waals surface area contributed by atoms with Crippen LogP contribution in [0.15, 0.2) is 12.4 Å². The molecule has 5 nitrogen and oxygen atoms in total. The van der Waals surface area contributed by atoms with Crippen molar-refractivity contribution in [3.8, 4) is 11.8 Å². The summed E-state index contributed by atoms with van der Waals surface area (Å²) in [5.74, 6) is 1.01. The maximum atomic E-state index is 5.35. The van der Waals surface area contributed by atoms with E-state index in [1.807, 2.05) is 14.0 Å². The summed E-state index contributed by atoms with van der Waals surface area (Å²) in [7, 11) is 1.87. The fourth-order valence-corrected chi connectivity index (χ4v) is 0.935. The van der Waals surface area contributed by atoms with Crippen molar-refractivity contribution in [2.45, 2.75) is 13.3 Å². The SMILES string of the molecule is CCCOc1cncc(OCCNC)n1. The molecule has 0 saturated heterocycles. The maximum Gasteiger partial charge on any atom is 0.235 e. The van der Waals surface area contributed by atoms with Crippen LogP contribution in [0.3, 0.4) is 0 Å². The molecule has 0 aliphatic rings. The summed E-state index contributed by atoms with van der Waals surface area (Å²) in [5.41, 5.74) is 0. The number of aromatic nitrogens is 2. The van der Waals surface area contributed by atoms with Gasteiger partial charge in [-0.2, -0.15) is 4.98 Å². The van der Waals surface area contributed by atoms with Crippen molar-refractivity contribution >= 4 is 0 Å². The zero-order valence-electron chi connectivity index (χ0n) is 9.19. The van der Waals surface area contributed by atoms with Gasteiger partial charge in [-0.1, -0.05) is 6.92 Å². The van der Waals surface area contributed by atoms with Crippen molar-refractivity contribution in [3.05, 3.63) is 12.4 Å². The van der Waals surface area contributed by atoms with Gasteiger partial charge in [-0.05, 0) is 13.5 Å². The van der Waals surface area contributed by atoms with Crippen molar-refractivity contribution in [1.82, 2.24) is 15.3 Å². The van der Waals surface area contributed by atoms with E-state index in [2.05, 4.69) is 15.3 Å². The standard InChI is InChI=1S/C10H17N3O2/c1-3-5-14-9-7-12-8-10(13-9)15-6-4-11-2/h7-8,11H,3-6H2,1-2H3. The fourth-order valence-electron chi connectivity index (χ4n) is 0.935. The Kier molecular flexibility index (Phi) is 5.47. The van der Waals surface area contributed by atoms with E-state index in [0.29, 0.717) is 25.0 Å². The Morgan fingerprint density at radius 2 is 1.87 bits per heavy atom. The normalized spacial score (nSPS) is 10.0. The van der Waals surface area contributed by atoms with Gasteiger partial charge in [0.2, 0.25) is 11.8 Å². The summed E-state index contributed by atoms with van der Waals surface area (Å²) < 4.78 is 10.7. The third-order valence-corrected chi connectivity index (χ3v) is 1.65. The first-order valence-electron chi connectivity index (χ1n) is 5.09. The van der Waals surface area contributed by atoms with Crippen LogP contribution in [0, 0.1) is 0 Å².